The van der Waals surface area contributed by atoms with E-state index < -0.39 is 0 Å². The van der Waals surface area contributed by atoms with Gasteiger partial charge < -0.3 is 14.9 Å². The molecule has 0 bridgehead atoms. The van der Waals surface area contributed by atoms with Gasteiger partial charge in [0.1, 0.15) is 11.5 Å². The van der Waals surface area contributed by atoms with Gasteiger partial charge >= 0.3 is 0 Å². The number of aromatic hydroxyl groups is 2. The number of ketones is 1. The van der Waals surface area contributed by atoms with E-state index in [1.54, 1.807) is 19.1 Å². The van der Waals surface area contributed by atoms with Crippen molar-refractivity contribution >= 4 is 5.78 Å². The first kappa shape index (κ1) is 13.5. The summed E-state index contributed by atoms with van der Waals surface area (Å²) < 4.78 is 4.90. The lowest BCUT2D eigenvalue weighted by Gasteiger charge is -2.15. The Bertz CT molecular complexity index is 392. The third kappa shape index (κ3) is 4.05. The molecule has 0 heterocycles. The Morgan fingerprint density at radius 1 is 1.41 bits per heavy atom. The van der Waals surface area contributed by atoms with Crippen LogP contribution in [0.25, 0.3) is 0 Å². The number of hydrogen-bond donors (Lipinski definition) is 2. The molecular weight excluding hydrogens is 222 g/mol. The zero-order valence-corrected chi connectivity index (χ0v) is 10.0. The Hall–Kier alpha value is -1.59. The number of nitrogens with zero attached hydrogens (tertiary/aromatic N) is 1. The predicted octanol–water partition coefficient (Wildman–Crippen LogP) is 0.859. The average Bonchev–Trinajstić information content (AvgIpc) is 2.26. The lowest BCUT2D eigenvalue weighted by molar-refractivity contribution is 0.0920. The van der Waals surface area contributed by atoms with Gasteiger partial charge in [0.05, 0.1) is 18.7 Å². The molecule has 0 radical (unpaired) electrons. The Balaban J connectivity index is 2.63. The van der Waals surface area contributed by atoms with Crippen LogP contribution in [-0.4, -0.2) is 54.8 Å². The van der Waals surface area contributed by atoms with Crippen molar-refractivity contribution in [1.29, 1.82) is 0 Å². The molecule has 17 heavy (non-hydrogen) atoms. The summed E-state index contributed by atoms with van der Waals surface area (Å²) in [6, 6.07) is 3.95. The number of phenolic OH excluding ortho intramolecular Hbond substituents is 2. The largest absolute Gasteiger partial charge is 0.508 e. The standard InChI is InChI=1S/C12H17NO4/c1-13(5-6-17-2)8-12(16)10-4-3-9(14)7-11(10)15/h3-4,7,14-15H,5-6,8H2,1-2H3. The fourth-order valence-electron chi connectivity index (χ4n) is 1.41. The van der Waals surface area contributed by atoms with Crippen molar-refractivity contribution in [2.24, 2.45) is 0 Å². The van der Waals surface area contributed by atoms with Crippen LogP contribution in [0.2, 0.25) is 0 Å². The van der Waals surface area contributed by atoms with E-state index >= 15 is 0 Å². The van der Waals surface area contributed by atoms with E-state index in [1.165, 1.54) is 12.1 Å². The van der Waals surface area contributed by atoms with Crippen molar-refractivity contribution in [3.05, 3.63) is 23.8 Å². The zero-order chi connectivity index (χ0) is 12.8. The highest BCUT2D eigenvalue weighted by Crippen LogP contribution is 2.22. The molecule has 0 aromatic heterocycles. The molecule has 0 aliphatic carbocycles. The summed E-state index contributed by atoms with van der Waals surface area (Å²) in [6.07, 6.45) is 0. The number of carbonyl (C=O) groups is 1. The second kappa shape index (κ2) is 6.22. The van der Waals surface area contributed by atoms with Crippen LogP contribution in [0, 0.1) is 0 Å². The second-order valence-electron chi connectivity index (χ2n) is 3.86. The van der Waals surface area contributed by atoms with Crippen molar-refractivity contribution in [2.75, 3.05) is 33.9 Å². The van der Waals surface area contributed by atoms with Crippen molar-refractivity contribution < 1.29 is 19.7 Å². The summed E-state index contributed by atoms with van der Waals surface area (Å²) in [5.41, 5.74) is 0.215. The van der Waals surface area contributed by atoms with Gasteiger partial charge in [-0.05, 0) is 19.2 Å². The molecule has 0 amide bonds. The van der Waals surface area contributed by atoms with E-state index in [-0.39, 0.29) is 29.4 Å². The van der Waals surface area contributed by atoms with E-state index in [9.17, 15) is 9.90 Å². The first-order valence-electron chi connectivity index (χ1n) is 5.27. The van der Waals surface area contributed by atoms with Gasteiger partial charge in [-0.2, -0.15) is 0 Å². The maximum Gasteiger partial charge on any atom is 0.180 e. The third-order valence-corrected chi connectivity index (χ3v) is 2.37. The molecule has 0 unspecified atom stereocenters. The van der Waals surface area contributed by atoms with Crippen LogP contribution in [0.5, 0.6) is 11.5 Å². The van der Waals surface area contributed by atoms with Gasteiger partial charge in [-0.15, -0.1) is 0 Å². The number of likely N-dealkylation sites (N-methyl/N-ethyl adjacent to an activating group) is 1. The molecule has 2 N–H and O–H groups in total. The van der Waals surface area contributed by atoms with E-state index in [1.807, 2.05) is 0 Å². The minimum Gasteiger partial charge on any atom is -0.508 e. The number of Topliss-reactive ketones (excluding diaryl/α,β-unsaturated/α-hetero) is 1. The average molecular weight is 239 g/mol. The molecule has 1 rings (SSSR count). The highest BCUT2D eigenvalue weighted by Gasteiger charge is 2.13. The molecule has 0 saturated heterocycles. The number of phenols is 2. The Kier molecular flexibility index (Phi) is 4.93. The SMILES string of the molecule is COCCN(C)CC(=O)c1ccc(O)cc1O. The van der Waals surface area contributed by atoms with Crippen molar-refractivity contribution in [3.8, 4) is 11.5 Å². The monoisotopic (exact) mass is 239 g/mol. The number of hydrogen-bond acceptors (Lipinski definition) is 5. The molecule has 0 fully saturated rings. The van der Waals surface area contributed by atoms with Gasteiger partial charge in [0, 0.05) is 19.7 Å². The summed E-state index contributed by atoms with van der Waals surface area (Å²) in [6.45, 7) is 1.38. The van der Waals surface area contributed by atoms with E-state index in [2.05, 4.69) is 0 Å². The highest BCUT2D eigenvalue weighted by molar-refractivity contribution is 6.00. The van der Waals surface area contributed by atoms with Crippen LogP contribution >= 0.6 is 0 Å². The van der Waals surface area contributed by atoms with Crippen molar-refractivity contribution in [1.82, 2.24) is 4.90 Å². The lowest BCUT2D eigenvalue weighted by atomic mass is 10.1. The number of benzene rings is 1. The van der Waals surface area contributed by atoms with Gasteiger partial charge in [-0.1, -0.05) is 0 Å². The molecule has 0 saturated carbocycles. The van der Waals surface area contributed by atoms with Gasteiger partial charge in [0.15, 0.2) is 5.78 Å². The maximum atomic E-state index is 11.8. The number of ether oxygens (including phenoxy) is 1. The molecule has 0 spiro atoms. The Morgan fingerprint density at radius 2 is 2.12 bits per heavy atom. The quantitative estimate of drug-likeness (QED) is 0.720. The molecule has 0 aliphatic heterocycles. The number of methoxy groups -OCH3 is 1. The molecule has 5 heteroatoms. The summed E-state index contributed by atoms with van der Waals surface area (Å²) in [4.78, 5) is 13.6. The fourth-order valence-corrected chi connectivity index (χ4v) is 1.41. The Morgan fingerprint density at radius 3 is 2.71 bits per heavy atom. The predicted molar refractivity (Wildman–Crippen MR) is 63.5 cm³/mol. The normalized spacial score (nSPS) is 10.8. The first-order valence-corrected chi connectivity index (χ1v) is 5.27. The van der Waals surface area contributed by atoms with Crippen molar-refractivity contribution in [3.63, 3.8) is 0 Å². The minimum atomic E-state index is -0.199. The smallest absolute Gasteiger partial charge is 0.180 e. The molecule has 1 aromatic carbocycles. The van der Waals surface area contributed by atoms with Crippen molar-refractivity contribution in [2.45, 2.75) is 0 Å². The van der Waals surface area contributed by atoms with Crippen LogP contribution in [-0.2, 0) is 4.74 Å². The molecule has 1 aromatic rings. The third-order valence-electron chi connectivity index (χ3n) is 2.37. The molecular formula is C12H17NO4. The maximum absolute atomic E-state index is 11.8. The lowest BCUT2D eigenvalue weighted by Crippen LogP contribution is -2.29. The molecule has 94 valence electrons. The summed E-state index contributed by atoms with van der Waals surface area (Å²) in [7, 11) is 3.40. The van der Waals surface area contributed by atoms with Gasteiger partial charge in [0.25, 0.3) is 0 Å². The second-order valence-corrected chi connectivity index (χ2v) is 3.86. The van der Waals surface area contributed by atoms with Crippen LogP contribution in [0.3, 0.4) is 0 Å². The van der Waals surface area contributed by atoms with E-state index in [0.29, 0.717) is 13.2 Å². The van der Waals surface area contributed by atoms with Gasteiger partial charge in [0.2, 0.25) is 0 Å². The van der Waals surface area contributed by atoms with E-state index in [4.69, 9.17) is 9.84 Å². The number of rotatable bonds is 6. The molecule has 5 nitrogen and oxygen atoms in total. The molecule has 0 aliphatic rings. The topological polar surface area (TPSA) is 70.0 Å². The summed E-state index contributed by atoms with van der Waals surface area (Å²) in [5.74, 6) is -0.456. The van der Waals surface area contributed by atoms with Crippen LogP contribution in [0.1, 0.15) is 10.4 Å². The van der Waals surface area contributed by atoms with Gasteiger partial charge in [-0.3, -0.25) is 9.69 Å². The highest BCUT2D eigenvalue weighted by atomic mass is 16.5. The van der Waals surface area contributed by atoms with Crippen LogP contribution < -0.4 is 0 Å². The van der Waals surface area contributed by atoms with E-state index in [0.717, 1.165) is 6.07 Å². The zero-order valence-electron chi connectivity index (χ0n) is 10.0. The molecule has 0 atom stereocenters. The van der Waals surface area contributed by atoms with Crippen LogP contribution in [0.15, 0.2) is 18.2 Å². The summed E-state index contributed by atoms with van der Waals surface area (Å²) in [5, 5.41) is 18.6. The Labute approximate surface area is 100 Å². The van der Waals surface area contributed by atoms with Crippen LogP contribution in [0.4, 0.5) is 0 Å². The van der Waals surface area contributed by atoms with Gasteiger partial charge in [-0.25, -0.2) is 0 Å². The summed E-state index contributed by atoms with van der Waals surface area (Å²) >= 11 is 0. The first-order chi connectivity index (χ1) is 8.04. The number of carbonyl (C=O) groups excluding carboxylic acids is 1. The fraction of sp³-hybridized carbons (Fsp3) is 0.417. The minimum absolute atomic E-state index is 0.0632.